The van der Waals surface area contributed by atoms with Gasteiger partial charge in [-0.2, -0.15) is 53.6 Å². The number of hydrogen-bond donors (Lipinski definition) is 0. The summed E-state index contributed by atoms with van der Waals surface area (Å²) < 4.78 is 155. The van der Waals surface area contributed by atoms with Crippen molar-refractivity contribution in [3.63, 3.8) is 0 Å². The van der Waals surface area contributed by atoms with Crippen molar-refractivity contribution >= 4 is 44.6 Å². The SMILES string of the molecule is [2H]c1c([2H])c([2H])c(-c2c([2H])c(-c3c([2H])c([2H])c([2H])c([2H])c3[2H])c(N3[CH-]N(c4[c-]c(Cc5[c-]c6c(cc5)c5ccccc5n6-c5cc(C(C)(C)C)ccn5)ccc4)c4ccccc43)c(-c3c([2H])c([2H])c([2H])c([2H])c3[2H])c2[2H])c([2H])c1[2H].[Pt]. The van der Waals surface area contributed by atoms with Crippen molar-refractivity contribution < 1.29 is 44.4 Å². The molecule has 0 bridgehead atoms. The van der Waals surface area contributed by atoms with Gasteiger partial charge in [0.05, 0.1) is 23.3 Å². The Kier molecular flexibility index (Phi) is 6.87. The molecular formula is C59H45N4Pt-3. The number of hydrogen-bond acceptors (Lipinski definition) is 3. The van der Waals surface area contributed by atoms with Crippen LogP contribution in [0.4, 0.5) is 22.7 Å². The van der Waals surface area contributed by atoms with Crippen LogP contribution in [0.25, 0.3) is 61.0 Å². The fourth-order valence-electron chi connectivity index (χ4n) is 8.09. The first-order valence-electron chi connectivity index (χ1n) is 28.8. The largest absolute Gasteiger partial charge is 0.493 e. The number of aromatic nitrogens is 2. The van der Waals surface area contributed by atoms with E-state index < -0.39 is 136 Å². The number of rotatable bonds is 8. The molecule has 10 aromatic rings. The van der Waals surface area contributed by atoms with Crippen LogP contribution in [0.2, 0.25) is 0 Å². The summed E-state index contributed by atoms with van der Waals surface area (Å²) in [6.07, 6.45) is 2.18. The minimum absolute atomic E-state index is 0. The van der Waals surface area contributed by atoms with Gasteiger partial charge in [-0.3, -0.25) is 0 Å². The molecule has 0 spiro atoms. The smallest absolute Gasteiger partial charge is 0.135 e. The molecule has 1 aliphatic heterocycles. The molecule has 0 fully saturated rings. The third kappa shape index (κ3) is 7.52. The van der Waals surface area contributed by atoms with Crippen LogP contribution in [0.15, 0.2) is 200 Å². The van der Waals surface area contributed by atoms with Crippen LogP contribution >= 0.6 is 0 Å². The Morgan fingerprint density at radius 1 is 0.594 bits per heavy atom. The first-order valence-corrected chi connectivity index (χ1v) is 20.3. The van der Waals surface area contributed by atoms with Gasteiger partial charge in [0.2, 0.25) is 0 Å². The van der Waals surface area contributed by atoms with E-state index in [2.05, 4.69) is 61.7 Å². The molecule has 0 saturated carbocycles. The molecule has 3 heterocycles. The fourth-order valence-corrected chi connectivity index (χ4v) is 8.09. The van der Waals surface area contributed by atoms with Crippen molar-refractivity contribution in [1.29, 1.82) is 0 Å². The van der Waals surface area contributed by atoms with Crippen molar-refractivity contribution in [1.82, 2.24) is 9.55 Å². The van der Waals surface area contributed by atoms with Crippen LogP contribution in [-0.4, -0.2) is 9.55 Å². The molecule has 11 rings (SSSR count). The molecule has 0 radical (unpaired) electrons. The molecule has 0 amide bonds. The molecule has 4 nitrogen and oxygen atoms in total. The maximum atomic E-state index is 10.1. The van der Waals surface area contributed by atoms with E-state index in [9.17, 15) is 8.22 Å². The molecule has 8 aromatic carbocycles. The van der Waals surface area contributed by atoms with Gasteiger partial charge in [0, 0.05) is 61.0 Å². The van der Waals surface area contributed by atoms with Crippen LogP contribution in [0.5, 0.6) is 0 Å². The summed E-state index contributed by atoms with van der Waals surface area (Å²) in [4.78, 5) is 7.99. The molecule has 0 unspecified atom stereocenters. The van der Waals surface area contributed by atoms with Crippen LogP contribution in [0.1, 0.15) is 60.8 Å². The number of pyridine rings is 1. The first kappa shape index (κ1) is 25.9. The Hall–Kier alpha value is -7.00. The molecule has 64 heavy (non-hydrogen) atoms. The van der Waals surface area contributed by atoms with Crippen LogP contribution in [0.3, 0.4) is 0 Å². The van der Waals surface area contributed by atoms with Crippen molar-refractivity contribution in [2.75, 3.05) is 9.80 Å². The molecular weight excluding hydrogens is 960 g/mol. The Morgan fingerprint density at radius 2 is 1.20 bits per heavy atom. The minimum atomic E-state index is -0.854. The second kappa shape index (κ2) is 16.9. The van der Waals surface area contributed by atoms with Crippen molar-refractivity contribution in [3.05, 3.63) is 235 Å². The first-order chi connectivity index (χ1) is 37.9. The van der Waals surface area contributed by atoms with Gasteiger partial charge in [0.15, 0.2) is 0 Å². The quantitative estimate of drug-likeness (QED) is 0.142. The number of anilines is 4. The summed E-state index contributed by atoms with van der Waals surface area (Å²) in [6, 6.07) is 22.0. The van der Waals surface area contributed by atoms with Crippen molar-refractivity contribution in [3.8, 4) is 39.2 Å². The van der Waals surface area contributed by atoms with Gasteiger partial charge >= 0.3 is 0 Å². The van der Waals surface area contributed by atoms with Gasteiger partial charge in [0.1, 0.15) is 5.82 Å². The van der Waals surface area contributed by atoms with E-state index in [0.29, 0.717) is 23.5 Å². The second-order valence-corrected chi connectivity index (χ2v) is 16.1. The van der Waals surface area contributed by atoms with Gasteiger partial charge in [-0.15, -0.1) is 17.7 Å². The van der Waals surface area contributed by atoms with Gasteiger partial charge in [0.25, 0.3) is 0 Å². The summed E-state index contributed by atoms with van der Waals surface area (Å²) in [5, 5.41) is 2.03. The van der Waals surface area contributed by atoms with Crippen LogP contribution in [-0.2, 0) is 32.9 Å². The van der Waals surface area contributed by atoms with E-state index in [1.165, 1.54) is 11.6 Å². The normalized spacial score (nSPS) is 16.1. The average Bonchev–Trinajstić information content (AvgIpc) is 4.17. The molecule has 5 heteroatoms. The fraction of sp³-hybridized carbons (Fsp3) is 0.0847. The Labute approximate surface area is 414 Å². The summed E-state index contributed by atoms with van der Waals surface area (Å²) in [7, 11) is 0. The van der Waals surface area contributed by atoms with E-state index in [1.54, 1.807) is 35.2 Å². The van der Waals surface area contributed by atoms with Crippen LogP contribution < -0.4 is 9.80 Å². The van der Waals surface area contributed by atoms with Crippen LogP contribution in [0, 0.1) is 18.8 Å². The van der Waals surface area contributed by atoms with E-state index in [0.717, 1.165) is 44.3 Å². The summed E-state index contributed by atoms with van der Waals surface area (Å²) >= 11 is 0. The third-order valence-corrected chi connectivity index (χ3v) is 11.1. The van der Waals surface area contributed by atoms with E-state index in [4.69, 9.17) is 20.1 Å². The molecule has 314 valence electrons. The standard InChI is InChI=1S/C59H45N4.Pt/c1-59(2,3)47-32-33-60-57(39-47)63-53-27-14-13-26-49(53)50-31-30-42(36-56(50)63)34-41-18-17-25-48(35-41)61-40-62(55-29-16-15-28-54(55)61)58-51(44-21-9-5-10-22-44)37-46(43-19-7-4-8-20-43)38-52(58)45-23-11-6-12-24-45;/h4-33,37-40H,34H2,1-3H3;/q-3;/i4D,5D,6D,7D,8D,9D,10D,11D,12D,19D,20D,21D,22D,23D,24D,37D,38D;. The number of nitrogens with zero attached hydrogens (tertiary/aromatic N) is 4. The summed E-state index contributed by atoms with van der Waals surface area (Å²) in [5.74, 6) is 0.752. The van der Waals surface area contributed by atoms with Gasteiger partial charge < -0.3 is 14.4 Å². The predicted octanol–water partition coefficient (Wildman–Crippen LogP) is 15.1. The van der Waals surface area contributed by atoms with Gasteiger partial charge in [-0.25, -0.2) is 4.98 Å². The Bertz CT molecular complexity index is 4120. The number of benzene rings is 8. The maximum absolute atomic E-state index is 10.1. The number of para-hydroxylation sites is 3. The molecule has 0 atom stereocenters. The molecule has 0 saturated heterocycles. The van der Waals surface area contributed by atoms with Crippen molar-refractivity contribution in [2.24, 2.45) is 0 Å². The molecule has 0 N–H and O–H groups in total. The second-order valence-electron chi connectivity index (χ2n) is 16.1. The molecule has 1 aliphatic rings. The van der Waals surface area contributed by atoms with Gasteiger partial charge in [-0.1, -0.05) is 147 Å². The van der Waals surface area contributed by atoms with E-state index in [1.807, 2.05) is 42.6 Å². The van der Waals surface area contributed by atoms with E-state index >= 15 is 0 Å². The Morgan fingerprint density at radius 3 is 1.88 bits per heavy atom. The monoisotopic (exact) mass is 1020 g/mol. The minimum Gasteiger partial charge on any atom is -0.493 e. The zero-order chi connectivity index (χ0) is 57.3. The molecule has 0 aliphatic carbocycles. The Balaban J connectivity index is 0.00000736. The van der Waals surface area contributed by atoms with E-state index in [-0.39, 0.29) is 32.2 Å². The topological polar surface area (TPSA) is 24.3 Å². The predicted molar refractivity (Wildman–Crippen MR) is 262 cm³/mol. The summed E-state index contributed by atoms with van der Waals surface area (Å²) in [5.41, 5.74) is 1.62. The zero-order valence-corrected chi connectivity index (χ0v) is 36.9. The van der Waals surface area contributed by atoms with Gasteiger partial charge in [-0.05, 0) is 87.5 Å². The average molecular weight is 1020 g/mol. The summed E-state index contributed by atoms with van der Waals surface area (Å²) in [6.45, 7) is 8.00. The molecule has 2 aromatic heterocycles. The zero-order valence-electron chi connectivity index (χ0n) is 51.6. The number of fused-ring (bicyclic) bond motifs is 4. The van der Waals surface area contributed by atoms with Crippen molar-refractivity contribution in [2.45, 2.75) is 32.6 Å². The maximum Gasteiger partial charge on any atom is 0.135 e. The third-order valence-electron chi connectivity index (χ3n) is 11.1.